The van der Waals surface area contributed by atoms with Crippen molar-refractivity contribution < 1.29 is 4.74 Å². The predicted molar refractivity (Wildman–Crippen MR) is 62.7 cm³/mol. The van der Waals surface area contributed by atoms with Gasteiger partial charge in [0.1, 0.15) is 12.1 Å². The summed E-state index contributed by atoms with van der Waals surface area (Å²) >= 11 is 0. The average Bonchev–Trinajstić information content (AvgIpc) is 2.65. The third-order valence-corrected chi connectivity index (χ3v) is 2.68. The lowest BCUT2D eigenvalue weighted by molar-refractivity contribution is 0.326. The summed E-state index contributed by atoms with van der Waals surface area (Å²) in [7, 11) is 2.13. The van der Waals surface area contributed by atoms with Gasteiger partial charge in [-0.3, -0.25) is 0 Å². The van der Waals surface area contributed by atoms with Crippen LogP contribution < -0.4 is 10.1 Å². The maximum Gasteiger partial charge on any atom is 0.218 e. The first-order valence-corrected chi connectivity index (χ1v) is 5.68. The van der Waals surface area contributed by atoms with Gasteiger partial charge in [0.05, 0.1) is 6.61 Å². The van der Waals surface area contributed by atoms with E-state index in [4.69, 9.17) is 4.74 Å². The van der Waals surface area contributed by atoms with Crippen molar-refractivity contribution in [1.82, 2.24) is 14.9 Å². The van der Waals surface area contributed by atoms with Gasteiger partial charge in [0, 0.05) is 18.7 Å². The highest BCUT2D eigenvalue weighted by molar-refractivity contribution is 5.38. The van der Waals surface area contributed by atoms with Crippen LogP contribution >= 0.6 is 0 Å². The van der Waals surface area contributed by atoms with Gasteiger partial charge in [-0.1, -0.05) is 0 Å². The lowest BCUT2D eigenvalue weighted by Gasteiger charge is -2.13. The Balaban J connectivity index is 1.95. The van der Waals surface area contributed by atoms with Gasteiger partial charge in [-0.15, -0.1) is 0 Å². The minimum Gasteiger partial charge on any atom is -0.478 e. The molecule has 1 saturated heterocycles. The van der Waals surface area contributed by atoms with Crippen LogP contribution in [-0.2, 0) is 0 Å². The van der Waals surface area contributed by atoms with E-state index in [1.165, 1.54) is 6.33 Å². The molecule has 16 heavy (non-hydrogen) atoms. The smallest absolute Gasteiger partial charge is 0.218 e. The van der Waals surface area contributed by atoms with Crippen molar-refractivity contribution >= 4 is 5.82 Å². The Kier molecular flexibility index (Phi) is 3.56. The zero-order valence-electron chi connectivity index (χ0n) is 9.81. The van der Waals surface area contributed by atoms with Crippen LogP contribution in [0.15, 0.2) is 12.4 Å². The van der Waals surface area contributed by atoms with Crippen LogP contribution in [0.3, 0.4) is 0 Å². The Hall–Kier alpha value is -1.36. The van der Waals surface area contributed by atoms with Crippen molar-refractivity contribution in [2.75, 3.05) is 32.1 Å². The summed E-state index contributed by atoms with van der Waals surface area (Å²) in [6.45, 7) is 4.78. The number of nitrogens with one attached hydrogen (secondary N) is 1. The van der Waals surface area contributed by atoms with E-state index in [0.717, 1.165) is 25.3 Å². The number of likely N-dealkylation sites (tertiary alicyclic amines) is 1. The third kappa shape index (κ3) is 2.82. The molecular formula is C11H18N4O. The zero-order valence-corrected chi connectivity index (χ0v) is 9.81. The number of anilines is 1. The molecule has 1 aromatic rings. The van der Waals surface area contributed by atoms with E-state index in [1.807, 2.05) is 13.0 Å². The average molecular weight is 222 g/mol. The van der Waals surface area contributed by atoms with E-state index in [0.29, 0.717) is 18.5 Å². The Labute approximate surface area is 95.8 Å². The van der Waals surface area contributed by atoms with E-state index in [-0.39, 0.29) is 0 Å². The van der Waals surface area contributed by atoms with E-state index in [1.54, 1.807) is 0 Å². The van der Waals surface area contributed by atoms with Crippen LogP contribution in [0.4, 0.5) is 5.82 Å². The fourth-order valence-corrected chi connectivity index (χ4v) is 1.91. The van der Waals surface area contributed by atoms with Gasteiger partial charge >= 0.3 is 0 Å². The largest absolute Gasteiger partial charge is 0.478 e. The minimum atomic E-state index is 0.481. The maximum absolute atomic E-state index is 5.33. The van der Waals surface area contributed by atoms with Crippen LogP contribution in [0.25, 0.3) is 0 Å². The highest BCUT2D eigenvalue weighted by atomic mass is 16.5. The summed E-state index contributed by atoms with van der Waals surface area (Å²) < 4.78 is 5.33. The molecule has 1 unspecified atom stereocenters. The van der Waals surface area contributed by atoms with Gasteiger partial charge < -0.3 is 15.0 Å². The second-order valence-corrected chi connectivity index (χ2v) is 4.07. The molecule has 5 nitrogen and oxygen atoms in total. The summed E-state index contributed by atoms with van der Waals surface area (Å²) in [5.74, 6) is 1.48. The molecule has 0 amide bonds. The molecule has 0 aliphatic carbocycles. The Morgan fingerprint density at radius 1 is 1.56 bits per heavy atom. The number of hydrogen-bond acceptors (Lipinski definition) is 5. The van der Waals surface area contributed by atoms with Crippen molar-refractivity contribution in [2.24, 2.45) is 0 Å². The number of aromatic nitrogens is 2. The van der Waals surface area contributed by atoms with Crippen molar-refractivity contribution in [3.63, 3.8) is 0 Å². The first-order chi connectivity index (χ1) is 7.78. The summed E-state index contributed by atoms with van der Waals surface area (Å²) in [6.07, 6.45) is 2.69. The molecule has 1 aliphatic rings. The van der Waals surface area contributed by atoms with Gasteiger partial charge in [-0.2, -0.15) is 0 Å². The van der Waals surface area contributed by atoms with Crippen molar-refractivity contribution in [2.45, 2.75) is 19.4 Å². The summed E-state index contributed by atoms with van der Waals surface area (Å²) in [5.41, 5.74) is 0. The standard InChI is InChI=1S/C11H18N4O/c1-3-16-11-6-10(12-8-13-11)14-9-4-5-15(2)7-9/h6,8-9H,3-5,7H2,1-2H3,(H,12,13,14). The number of ether oxygens (including phenoxy) is 1. The van der Waals surface area contributed by atoms with Crippen molar-refractivity contribution in [3.05, 3.63) is 12.4 Å². The first-order valence-electron chi connectivity index (χ1n) is 5.68. The molecule has 2 heterocycles. The Bertz CT molecular complexity index is 345. The number of hydrogen-bond donors (Lipinski definition) is 1. The van der Waals surface area contributed by atoms with Crippen LogP contribution in [0, 0.1) is 0 Å². The van der Waals surface area contributed by atoms with E-state index in [9.17, 15) is 0 Å². The topological polar surface area (TPSA) is 50.3 Å². The fourth-order valence-electron chi connectivity index (χ4n) is 1.91. The highest BCUT2D eigenvalue weighted by Gasteiger charge is 2.19. The van der Waals surface area contributed by atoms with Crippen molar-refractivity contribution in [3.8, 4) is 5.88 Å². The molecule has 1 N–H and O–H groups in total. The summed E-state index contributed by atoms with van der Waals surface area (Å²) in [4.78, 5) is 10.5. The third-order valence-electron chi connectivity index (χ3n) is 2.68. The molecule has 0 bridgehead atoms. The monoisotopic (exact) mass is 222 g/mol. The molecule has 2 rings (SSSR count). The van der Waals surface area contributed by atoms with E-state index >= 15 is 0 Å². The summed E-state index contributed by atoms with van der Waals surface area (Å²) in [5, 5.41) is 3.40. The molecule has 0 saturated carbocycles. The van der Waals surface area contributed by atoms with E-state index in [2.05, 4.69) is 27.2 Å². The normalized spacial score (nSPS) is 21.0. The Morgan fingerprint density at radius 2 is 2.44 bits per heavy atom. The molecule has 0 radical (unpaired) electrons. The summed E-state index contributed by atoms with van der Waals surface area (Å²) in [6, 6.07) is 2.33. The van der Waals surface area contributed by atoms with Crippen LogP contribution in [0.5, 0.6) is 5.88 Å². The van der Waals surface area contributed by atoms with Gasteiger partial charge in [-0.05, 0) is 26.9 Å². The molecule has 0 aromatic carbocycles. The van der Waals surface area contributed by atoms with Gasteiger partial charge in [-0.25, -0.2) is 9.97 Å². The number of likely N-dealkylation sites (N-methyl/N-ethyl adjacent to an activating group) is 1. The van der Waals surface area contributed by atoms with Gasteiger partial charge in [0.25, 0.3) is 0 Å². The lowest BCUT2D eigenvalue weighted by Crippen LogP contribution is -2.24. The molecular weight excluding hydrogens is 204 g/mol. The van der Waals surface area contributed by atoms with Gasteiger partial charge in [0.2, 0.25) is 5.88 Å². The Morgan fingerprint density at radius 3 is 3.12 bits per heavy atom. The molecule has 1 aromatic heterocycles. The highest BCUT2D eigenvalue weighted by Crippen LogP contribution is 2.15. The molecule has 1 atom stereocenters. The SMILES string of the molecule is CCOc1cc(NC2CCN(C)C2)ncn1. The van der Waals surface area contributed by atoms with Crippen LogP contribution in [0.2, 0.25) is 0 Å². The molecule has 1 aliphatic heterocycles. The number of nitrogens with zero attached hydrogens (tertiary/aromatic N) is 3. The number of rotatable bonds is 4. The van der Waals surface area contributed by atoms with E-state index < -0.39 is 0 Å². The maximum atomic E-state index is 5.33. The predicted octanol–water partition coefficient (Wildman–Crippen LogP) is 0.991. The zero-order chi connectivity index (χ0) is 11.4. The van der Waals surface area contributed by atoms with Crippen LogP contribution in [0.1, 0.15) is 13.3 Å². The fraction of sp³-hybridized carbons (Fsp3) is 0.636. The van der Waals surface area contributed by atoms with Gasteiger partial charge in [0.15, 0.2) is 0 Å². The molecule has 0 spiro atoms. The lowest BCUT2D eigenvalue weighted by atomic mass is 10.2. The quantitative estimate of drug-likeness (QED) is 0.823. The minimum absolute atomic E-state index is 0.481. The molecule has 88 valence electrons. The first kappa shape index (κ1) is 11.1. The van der Waals surface area contributed by atoms with Crippen LogP contribution in [-0.4, -0.2) is 47.7 Å². The molecule has 1 fully saturated rings. The molecule has 5 heteroatoms. The van der Waals surface area contributed by atoms with Crippen molar-refractivity contribution in [1.29, 1.82) is 0 Å². The second-order valence-electron chi connectivity index (χ2n) is 4.07. The second kappa shape index (κ2) is 5.12.